The van der Waals surface area contributed by atoms with Gasteiger partial charge in [0.15, 0.2) is 11.6 Å². The van der Waals surface area contributed by atoms with Gasteiger partial charge in [-0.2, -0.15) is 0 Å². The van der Waals surface area contributed by atoms with Crippen LogP contribution in [-0.4, -0.2) is 17.5 Å². The predicted molar refractivity (Wildman–Crippen MR) is 54.0 cm³/mol. The number of ketones is 2. The molecule has 1 aromatic carbocycles. The first kappa shape index (κ1) is 9.58. The molecule has 1 N–H and O–H groups in total. The van der Waals surface area contributed by atoms with Crippen molar-refractivity contribution in [3.05, 3.63) is 29.3 Å². The average Bonchev–Trinajstić information content (AvgIpc) is 2.43. The topological polar surface area (TPSA) is 63.2 Å². The lowest BCUT2D eigenvalue weighted by atomic mass is 10.1. The van der Waals surface area contributed by atoms with Crippen LogP contribution in [0, 0.1) is 0 Å². The highest BCUT2D eigenvalue weighted by Gasteiger charge is 2.29. The van der Waals surface area contributed by atoms with Crippen LogP contribution in [-0.2, 0) is 4.79 Å². The molecule has 0 fully saturated rings. The predicted octanol–water partition coefficient (Wildman–Crippen LogP) is 1.41. The highest BCUT2D eigenvalue weighted by atomic mass is 16.2. The highest BCUT2D eigenvalue weighted by Crippen LogP contribution is 2.28. The number of hydrogen-bond acceptors (Lipinski definition) is 3. The van der Waals surface area contributed by atoms with Gasteiger partial charge < -0.3 is 5.32 Å². The SMILES string of the molecule is CC(=O)[15NH]c1cccc2c1C(=O)CC2=O. The van der Waals surface area contributed by atoms with Crippen LogP contribution in [0.15, 0.2) is 18.2 Å². The highest BCUT2D eigenvalue weighted by molar-refractivity contribution is 6.27. The van der Waals surface area contributed by atoms with Gasteiger partial charge in [0.1, 0.15) is 0 Å². The van der Waals surface area contributed by atoms with Gasteiger partial charge in [-0.3, -0.25) is 14.4 Å². The second-order valence-electron chi connectivity index (χ2n) is 3.43. The first-order valence-electron chi connectivity index (χ1n) is 4.56. The third kappa shape index (κ3) is 1.54. The fourth-order valence-electron chi connectivity index (χ4n) is 1.71. The molecule has 0 spiro atoms. The van der Waals surface area contributed by atoms with Crippen molar-refractivity contribution in [1.29, 1.82) is 0 Å². The minimum atomic E-state index is -0.254. The van der Waals surface area contributed by atoms with Crippen molar-refractivity contribution in [2.24, 2.45) is 0 Å². The minimum Gasteiger partial charge on any atom is -0.326 e. The van der Waals surface area contributed by atoms with Gasteiger partial charge in [-0.05, 0) is 6.07 Å². The summed E-state index contributed by atoms with van der Waals surface area (Å²) in [6.45, 7) is 1.36. The van der Waals surface area contributed by atoms with Gasteiger partial charge in [0.05, 0.1) is 17.7 Å². The van der Waals surface area contributed by atoms with Gasteiger partial charge in [0.25, 0.3) is 0 Å². The van der Waals surface area contributed by atoms with Crippen molar-refractivity contribution < 1.29 is 14.4 Å². The molecule has 1 aliphatic rings. The zero-order valence-corrected chi connectivity index (χ0v) is 8.16. The first-order chi connectivity index (χ1) is 7.09. The van der Waals surface area contributed by atoms with Crippen LogP contribution in [0.4, 0.5) is 5.69 Å². The van der Waals surface area contributed by atoms with E-state index in [4.69, 9.17) is 0 Å². The van der Waals surface area contributed by atoms with E-state index in [1.807, 2.05) is 0 Å². The maximum atomic E-state index is 11.5. The molecule has 4 nitrogen and oxygen atoms in total. The normalized spacial score (nSPS) is 13.9. The Balaban J connectivity index is 2.55. The number of carbonyl (C=O) groups is 3. The standard InChI is InChI=1S/C11H9NO3/c1-6(13)12-8-4-2-3-7-9(14)5-10(15)11(7)8/h2-4H,5H2,1H3,(H,12,13)/i12+1. The quantitative estimate of drug-likeness (QED) is 0.555. The third-order valence-electron chi connectivity index (χ3n) is 2.28. The van der Waals surface area contributed by atoms with Gasteiger partial charge in [-0.1, -0.05) is 12.1 Å². The molecule has 1 aliphatic carbocycles. The smallest absolute Gasteiger partial charge is 0.221 e. The summed E-state index contributed by atoms with van der Waals surface area (Å²) in [4.78, 5) is 33.8. The van der Waals surface area contributed by atoms with Gasteiger partial charge in [0, 0.05) is 12.5 Å². The van der Waals surface area contributed by atoms with E-state index in [1.165, 1.54) is 6.92 Å². The van der Waals surface area contributed by atoms with E-state index < -0.39 is 0 Å². The molecule has 0 atom stereocenters. The summed E-state index contributed by atoms with van der Waals surface area (Å²) in [7, 11) is 0. The number of anilines is 1. The van der Waals surface area contributed by atoms with Crippen LogP contribution >= 0.6 is 0 Å². The van der Waals surface area contributed by atoms with E-state index in [9.17, 15) is 14.4 Å². The summed E-state index contributed by atoms with van der Waals surface area (Å²) in [6.07, 6.45) is -0.0913. The molecule has 0 saturated heterocycles. The molecule has 1 aromatic rings. The van der Waals surface area contributed by atoms with Gasteiger partial charge in [-0.15, -0.1) is 0 Å². The van der Waals surface area contributed by atoms with Crippen molar-refractivity contribution in [3.63, 3.8) is 0 Å². The lowest BCUT2D eigenvalue weighted by Gasteiger charge is -2.06. The summed E-state index contributed by atoms with van der Waals surface area (Å²) < 4.78 is 0. The number of carbonyl (C=O) groups excluding carboxylic acids is 3. The second kappa shape index (κ2) is 3.31. The molecular formula is C11H9NO3. The van der Waals surface area contributed by atoms with Crippen molar-refractivity contribution in [1.82, 2.24) is 0 Å². The Bertz CT molecular complexity index is 477. The van der Waals surface area contributed by atoms with Gasteiger partial charge >= 0.3 is 0 Å². The Morgan fingerprint density at radius 3 is 2.67 bits per heavy atom. The third-order valence-corrected chi connectivity index (χ3v) is 2.28. The van der Waals surface area contributed by atoms with Crippen molar-refractivity contribution >= 4 is 23.2 Å². The molecule has 4 heteroatoms. The Morgan fingerprint density at radius 1 is 1.27 bits per heavy atom. The van der Waals surface area contributed by atoms with E-state index in [0.717, 1.165) is 0 Å². The number of benzene rings is 1. The monoisotopic (exact) mass is 204 g/mol. The average molecular weight is 204 g/mol. The summed E-state index contributed by atoms with van der Waals surface area (Å²) in [5.74, 6) is -0.655. The molecular weight excluding hydrogens is 195 g/mol. The number of rotatable bonds is 1. The Morgan fingerprint density at radius 2 is 2.00 bits per heavy atom. The molecule has 1 amide bonds. The number of amides is 1. The fraction of sp³-hybridized carbons (Fsp3) is 0.182. The molecule has 0 radical (unpaired) electrons. The fourth-order valence-corrected chi connectivity index (χ4v) is 1.71. The molecule has 0 aromatic heterocycles. The number of nitrogens with one attached hydrogen (secondary N) is 1. The summed E-state index contributed by atoms with van der Waals surface area (Å²) in [6, 6.07) is 4.88. The molecule has 2 rings (SSSR count). The minimum absolute atomic E-state index is 0.0913. The Kier molecular flexibility index (Phi) is 2.11. The van der Waals surface area contributed by atoms with E-state index >= 15 is 0 Å². The van der Waals surface area contributed by atoms with Crippen molar-refractivity contribution in [2.45, 2.75) is 13.3 Å². The zero-order valence-electron chi connectivity index (χ0n) is 8.16. The molecule has 15 heavy (non-hydrogen) atoms. The molecule has 0 bridgehead atoms. The first-order valence-corrected chi connectivity index (χ1v) is 4.56. The zero-order chi connectivity index (χ0) is 11.0. The van der Waals surface area contributed by atoms with Crippen molar-refractivity contribution in [3.8, 4) is 0 Å². The summed E-state index contributed by atoms with van der Waals surface area (Å²) in [5, 5.41) is 2.54. The van der Waals surface area contributed by atoms with E-state index in [-0.39, 0.29) is 23.9 Å². The van der Waals surface area contributed by atoms with E-state index in [1.54, 1.807) is 18.2 Å². The molecule has 0 saturated carbocycles. The lowest BCUT2D eigenvalue weighted by Crippen LogP contribution is -2.09. The molecule has 76 valence electrons. The Labute approximate surface area is 86.3 Å². The maximum absolute atomic E-state index is 11.5. The number of fused-ring (bicyclic) bond motifs is 1. The lowest BCUT2D eigenvalue weighted by molar-refractivity contribution is -0.114. The van der Waals surface area contributed by atoms with Crippen LogP contribution in [0.2, 0.25) is 0 Å². The van der Waals surface area contributed by atoms with Gasteiger partial charge in [-0.25, -0.2) is 0 Å². The molecule has 0 unspecified atom stereocenters. The van der Waals surface area contributed by atoms with Crippen molar-refractivity contribution in [2.75, 3.05) is 5.32 Å². The van der Waals surface area contributed by atoms with Crippen LogP contribution < -0.4 is 5.32 Å². The van der Waals surface area contributed by atoms with E-state index in [0.29, 0.717) is 16.8 Å². The van der Waals surface area contributed by atoms with E-state index in [2.05, 4.69) is 5.32 Å². The van der Waals surface area contributed by atoms with Crippen LogP contribution in [0.5, 0.6) is 0 Å². The number of hydrogen-bond donors (Lipinski definition) is 1. The number of Topliss-reactive ketones (excluding diaryl/α,β-unsaturated/α-hetero) is 2. The molecule has 0 heterocycles. The van der Waals surface area contributed by atoms with Crippen LogP contribution in [0.3, 0.4) is 0 Å². The maximum Gasteiger partial charge on any atom is 0.221 e. The summed E-state index contributed by atoms with van der Waals surface area (Å²) >= 11 is 0. The van der Waals surface area contributed by atoms with Gasteiger partial charge in [0.2, 0.25) is 5.91 Å². The van der Waals surface area contributed by atoms with Crippen LogP contribution in [0.25, 0.3) is 0 Å². The molecule has 0 aliphatic heterocycles. The Hall–Kier alpha value is -1.97. The second-order valence-corrected chi connectivity index (χ2v) is 3.43. The summed E-state index contributed by atoms with van der Waals surface area (Å²) in [5.41, 5.74) is 1.18. The van der Waals surface area contributed by atoms with Crippen LogP contribution in [0.1, 0.15) is 34.1 Å². The largest absolute Gasteiger partial charge is 0.326 e.